The van der Waals surface area contributed by atoms with Crippen LogP contribution in [0.1, 0.15) is 31.4 Å². The van der Waals surface area contributed by atoms with E-state index in [1.165, 1.54) is 16.7 Å². The van der Waals surface area contributed by atoms with Gasteiger partial charge in [-0.1, -0.05) is 84.9 Å². The Kier molecular flexibility index (Phi) is 9.29. The van der Waals surface area contributed by atoms with Crippen molar-refractivity contribution in [1.82, 2.24) is 10.4 Å². The summed E-state index contributed by atoms with van der Waals surface area (Å²) < 4.78 is 5.25. The molecule has 0 unspecified atom stereocenters. The summed E-state index contributed by atoms with van der Waals surface area (Å²) >= 11 is 0. The normalized spacial score (nSPS) is 11.0. The van der Waals surface area contributed by atoms with Crippen LogP contribution in [-0.4, -0.2) is 30.3 Å². The highest BCUT2D eigenvalue weighted by Crippen LogP contribution is 2.20. The largest absolute Gasteiger partial charge is 0.445 e. The zero-order valence-corrected chi connectivity index (χ0v) is 18.9. The van der Waals surface area contributed by atoms with Gasteiger partial charge in [-0.15, -0.1) is 0 Å². The van der Waals surface area contributed by atoms with Crippen molar-refractivity contribution in [3.63, 3.8) is 0 Å². The Morgan fingerprint density at radius 1 is 0.844 bits per heavy atom. The summed E-state index contributed by atoms with van der Waals surface area (Å²) in [5.74, 6) is 0. The van der Waals surface area contributed by atoms with E-state index in [4.69, 9.17) is 9.57 Å². The van der Waals surface area contributed by atoms with Crippen molar-refractivity contribution in [2.45, 2.75) is 39.5 Å². The van der Waals surface area contributed by atoms with Gasteiger partial charge in [-0.05, 0) is 42.5 Å². The minimum Gasteiger partial charge on any atom is -0.445 e. The SMILES string of the molecule is CC(C)ON(CCCNC(=O)OCc1ccccc1)Cc1ccc(-c2ccccc2)cc1. The van der Waals surface area contributed by atoms with Crippen molar-refractivity contribution in [3.05, 3.63) is 96.1 Å². The smallest absolute Gasteiger partial charge is 0.407 e. The number of hydrogen-bond donors (Lipinski definition) is 1. The highest BCUT2D eigenvalue weighted by Gasteiger charge is 2.10. The molecule has 0 aliphatic rings. The third-order valence-corrected chi connectivity index (χ3v) is 4.85. The molecule has 0 heterocycles. The van der Waals surface area contributed by atoms with Gasteiger partial charge in [0.15, 0.2) is 0 Å². The van der Waals surface area contributed by atoms with Gasteiger partial charge in [-0.2, -0.15) is 5.06 Å². The molecule has 0 spiro atoms. The lowest BCUT2D eigenvalue weighted by Crippen LogP contribution is -2.31. The van der Waals surface area contributed by atoms with Gasteiger partial charge in [-0.3, -0.25) is 4.84 Å². The van der Waals surface area contributed by atoms with Crippen molar-refractivity contribution in [2.75, 3.05) is 13.1 Å². The first kappa shape index (κ1) is 23.5. The summed E-state index contributed by atoms with van der Waals surface area (Å²) in [5, 5.41) is 4.77. The summed E-state index contributed by atoms with van der Waals surface area (Å²) in [4.78, 5) is 17.9. The van der Waals surface area contributed by atoms with Crippen LogP contribution in [-0.2, 0) is 22.7 Å². The fraction of sp³-hybridized carbons (Fsp3) is 0.296. The van der Waals surface area contributed by atoms with E-state index >= 15 is 0 Å². The molecule has 1 amide bonds. The van der Waals surface area contributed by atoms with E-state index in [2.05, 4.69) is 41.7 Å². The zero-order chi connectivity index (χ0) is 22.6. The zero-order valence-electron chi connectivity index (χ0n) is 18.9. The first-order valence-corrected chi connectivity index (χ1v) is 11.1. The van der Waals surface area contributed by atoms with Crippen LogP contribution in [0.15, 0.2) is 84.9 Å². The summed E-state index contributed by atoms with van der Waals surface area (Å²) in [7, 11) is 0. The maximum atomic E-state index is 11.9. The van der Waals surface area contributed by atoms with Gasteiger partial charge in [0.2, 0.25) is 0 Å². The quantitative estimate of drug-likeness (QED) is 0.307. The highest BCUT2D eigenvalue weighted by molar-refractivity contribution is 5.67. The summed E-state index contributed by atoms with van der Waals surface area (Å²) in [6.45, 7) is 6.23. The third kappa shape index (κ3) is 8.17. The standard InChI is InChI=1S/C27H32N2O3/c1-22(2)32-29(19-9-18-28-27(30)31-21-24-10-5-3-6-11-24)20-23-14-16-26(17-15-23)25-12-7-4-8-13-25/h3-8,10-17,22H,9,18-21H2,1-2H3,(H,28,30). The van der Waals surface area contributed by atoms with Gasteiger partial charge >= 0.3 is 6.09 Å². The number of hydrogen-bond acceptors (Lipinski definition) is 4. The van der Waals surface area contributed by atoms with E-state index in [0.29, 0.717) is 19.6 Å². The number of nitrogens with one attached hydrogen (secondary N) is 1. The van der Waals surface area contributed by atoms with E-state index in [-0.39, 0.29) is 12.7 Å². The van der Waals surface area contributed by atoms with Crippen LogP contribution in [0, 0.1) is 0 Å². The lowest BCUT2D eigenvalue weighted by atomic mass is 10.0. The van der Waals surface area contributed by atoms with Crippen molar-refractivity contribution in [2.24, 2.45) is 0 Å². The molecular formula is C27H32N2O3. The number of carbonyl (C=O) groups is 1. The Morgan fingerprint density at radius 3 is 2.12 bits per heavy atom. The molecule has 0 saturated carbocycles. The van der Waals surface area contributed by atoms with E-state index in [1.54, 1.807) is 0 Å². The van der Waals surface area contributed by atoms with Gasteiger partial charge < -0.3 is 10.1 Å². The van der Waals surface area contributed by atoms with Crippen LogP contribution in [0.25, 0.3) is 11.1 Å². The second-order valence-electron chi connectivity index (χ2n) is 7.92. The van der Waals surface area contributed by atoms with Crippen LogP contribution in [0.3, 0.4) is 0 Å². The van der Waals surface area contributed by atoms with Crippen molar-refractivity contribution < 1.29 is 14.4 Å². The number of ether oxygens (including phenoxy) is 1. The van der Waals surface area contributed by atoms with Crippen LogP contribution in [0.2, 0.25) is 0 Å². The molecule has 0 aromatic heterocycles. The minimum atomic E-state index is -0.401. The molecular weight excluding hydrogens is 400 g/mol. The molecule has 168 valence electrons. The number of rotatable bonds is 11. The molecule has 0 aliphatic carbocycles. The molecule has 0 saturated heterocycles. The average Bonchev–Trinajstić information content (AvgIpc) is 2.82. The van der Waals surface area contributed by atoms with Crippen molar-refractivity contribution in [1.29, 1.82) is 0 Å². The Bertz CT molecular complexity index is 928. The summed E-state index contributed by atoms with van der Waals surface area (Å²) in [6.07, 6.45) is 0.444. The predicted molar refractivity (Wildman–Crippen MR) is 128 cm³/mol. The maximum Gasteiger partial charge on any atom is 0.407 e. The Labute approximate surface area is 190 Å². The van der Waals surface area contributed by atoms with Gasteiger partial charge in [0.25, 0.3) is 0 Å². The van der Waals surface area contributed by atoms with Crippen LogP contribution in [0.5, 0.6) is 0 Å². The van der Waals surface area contributed by atoms with Crippen molar-refractivity contribution in [3.8, 4) is 11.1 Å². The lowest BCUT2D eigenvalue weighted by Gasteiger charge is -2.24. The monoisotopic (exact) mass is 432 g/mol. The molecule has 0 radical (unpaired) electrons. The summed E-state index contributed by atoms with van der Waals surface area (Å²) in [6, 6.07) is 28.6. The van der Waals surface area contributed by atoms with Gasteiger partial charge in [0, 0.05) is 19.6 Å². The lowest BCUT2D eigenvalue weighted by molar-refractivity contribution is -0.194. The Morgan fingerprint density at radius 2 is 1.47 bits per heavy atom. The van der Waals surface area contributed by atoms with Gasteiger partial charge in [0.05, 0.1) is 6.10 Å². The van der Waals surface area contributed by atoms with Crippen LogP contribution in [0.4, 0.5) is 4.79 Å². The molecule has 32 heavy (non-hydrogen) atoms. The van der Waals surface area contributed by atoms with E-state index in [9.17, 15) is 4.79 Å². The van der Waals surface area contributed by atoms with Gasteiger partial charge in [-0.25, -0.2) is 4.79 Å². The number of nitrogens with zero attached hydrogens (tertiary/aromatic N) is 1. The Hall–Kier alpha value is -3.15. The van der Waals surface area contributed by atoms with Crippen LogP contribution < -0.4 is 5.32 Å². The van der Waals surface area contributed by atoms with E-state index in [1.807, 2.05) is 67.4 Å². The average molecular weight is 433 g/mol. The summed E-state index contributed by atoms with van der Waals surface area (Å²) in [5.41, 5.74) is 4.56. The first-order valence-electron chi connectivity index (χ1n) is 11.1. The molecule has 0 fully saturated rings. The number of hydroxylamine groups is 2. The number of amides is 1. The second kappa shape index (κ2) is 12.6. The van der Waals surface area contributed by atoms with Gasteiger partial charge in [0.1, 0.15) is 6.61 Å². The van der Waals surface area contributed by atoms with Crippen molar-refractivity contribution >= 4 is 6.09 Å². The van der Waals surface area contributed by atoms with E-state index < -0.39 is 6.09 Å². The third-order valence-electron chi connectivity index (χ3n) is 4.85. The van der Waals surface area contributed by atoms with Crippen LogP contribution >= 0.6 is 0 Å². The molecule has 0 bridgehead atoms. The molecule has 1 N–H and O–H groups in total. The molecule has 3 aromatic rings. The fourth-order valence-corrected chi connectivity index (χ4v) is 3.32. The Balaban J connectivity index is 1.43. The van der Waals surface area contributed by atoms with E-state index in [0.717, 1.165) is 12.0 Å². The molecule has 3 aromatic carbocycles. The predicted octanol–water partition coefficient (Wildman–Crippen LogP) is 5.81. The minimum absolute atomic E-state index is 0.0855. The molecule has 5 nitrogen and oxygen atoms in total. The molecule has 0 atom stereocenters. The number of benzene rings is 3. The number of alkyl carbamates (subject to hydrolysis) is 1. The topological polar surface area (TPSA) is 50.8 Å². The first-order chi connectivity index (χ1) is 15.6. The number of carbonyl (C=O) groups excluding carboxylic acids is 1. The second-order valence-corrected chi connectivity index (χ2v) is 7.92. The fourth-order valence-electron chi connectivity index (χ4n) is 3.32. The molecule has 5 heteroatoms. The maximum absolute atomic E-state index is 11.9. The molecule has 3 rings (SSSR count). The molecule has 0 aliphatic heterocycles. The highest BCUT2D eigenvalue weighted by atomic mass is 16.7.